The Labute approximate surface area is 132 Å². The van der Waals surface area contributed by atoms with Gasteiger partial charge in [0.25, 0.3) is 5.78 Å². The molecule has 0 radical (unpaired) electrons. The summed E-state index contributed by atoms with van der Waals surface area (Å²) in [6.45, 7) is 2.05. The monoisotopic (exact) mass is 317 g/mol. The molecule has 6 heteroatoms. The van der Waals surface area contributed by atoms with E-state index in [0.717, 1.165) is 11.6 Å². The zero-order valence-corrected chi connectivity index (χ0v) is 12.5. The second kappa shape index (κ2) is 7.40. The Kier molecular flexibility index (Phi) is 5.30. The summed E-state index contributed by atoms with van der Waals surface area (Å²) in [4.78, 5) is 22.9. The van der Waals surface area contributed by atoms with E-state index in [1.165, 1.54) is 12.1 Å². The standard InChI is InChI=1S/C17H16FNO4/c1-2-23-17(22)16(21)10-15(20)14-4-3-9-19(14)11-12-5-7-13(18)8-6-12/h3-10,20H,2,11H2,1H3/b15-10-. The van der Waals surface area contributed by atoms with E-state index < -0.39 is 11.8 Å². The van der Waals surface area contributed by atoms with Gasteiger partial charge in [-0.2, -0.15) is 0 Å². The van der Waals surface area contributed by atoms with Crippen LogP contribution in [0.4, 0.5) is 4.39 Å². The molecule has 5 nitrogen and oxygen atoms in total. The van der Waals surface area contributed by atoms with Gasteiger partial charge in [-0.05, 0) is 36.8 Å². The lowest BCUT2D eigenvalue weighted by Gasteiger charge is -2.09. The van der Waals surface area contributed by atoms with E-state index in [9.17, 15) is 19.1 Å². The number of ether oxygens (including phenoxy) is 1. The van der Waals surface area contributed by atoms with Gasteiger partial charge in [-0.1, -0.05) is 12.1 Å². The van der Waals surface area contributed by atoms with E-state index in [-0.39, 0.29) is 18.2 Å². The van der Waals surface area contributed by atoms with Crippen molar-refractivity contribution >= 4 is 17.5 Å². The van der Waals surface area contributed by atoms with Crippen molar-refractivity contribution in [3.05, 3.63) is 65.7 Å². The number of halogens is 1. The summed E-state index contributed by atoms with van der Waals surface area (Å²) in [5.74, 6) is -2.62. The van der Waals surface area contributed by atoms with Crippen LogP contribution in [0, 0.1) is 5.82 Å². The summed E-state index contributed by atoms with van der Waals surface area (Å²) in [6.07, 6.45) is 2.53. The van der Waals surface area contributed by atoms with E-state index >= 15 is 0 Å². The van der Waals surface area contributed by atoms with E-state index in [0.29, 0.717) is 12.2 Å². The zero-order valence-electron chi connectivity index (χ0n) is 12.5. The van der Waals surface area contributed by atoms with E-state index in [2.05, 4.69) is 4.74 Å². The molecule has 2 aromatic rings. The summed E-state index contributed by atoms with van der Waals surface area (Å²) < 4.78 is 19.2. The minimum Gasteiger partial charge on any atom is -0.506 e. The molecule has 23 heavy (non-hydrogen) atoms. The van der Waals surface area contributed by atoms with E-state index in [1.54, 1.807) is 42.0 Å². The van der Waals surface area contributed by atoms with Gasteiger partial charge in [0.2, 0.25) is 0 Å². The fourth-order valence-corrected chi connectivity index (χ4v) is 2.03. The molecule has 0 amide bonds. The van der Waals surface area contributed by atoms with Crippen molar-refractivity contribution in [2.75, 3.05) is 6.61 Å². The first-order chi connectivity index (χ1) is 11.0. The minimum atomic E-state index is -1.02. The van der Waals surface area contributed by atoms with Crippen LogP contribution in [0.3, 0.4) is 0 Å². The highest BCUT2D eigenvalue weighted by atomic mass is 19.1. The van der Waals surface area contributed by atoms with Gasteiger partial charge < -0.3 is 14.4 Å². The van der Waals surface area contributed by atoms with Gasteiger partial charge in [-0.3, -0.25) is 4.79 Å². The first-order valence-electron chi connectivity index (χ1n) is 7.03. The molecule has 0 aliphatic rings. The molecule has 1 aromatic heterocycles. The number of rotatable bonds is 6. The van der Waals surface area contributed by atoms with Gasteiger partial charge in [0.05, 0.1) is 12.3 Å². The Morgan fingerprint density at radius 2 is 1.96 bits per heavy atom. The lowest BCUT2D eigenvalue weighted by Crippen LogP contribution is -2.15. The SMILES string of the molecule is CCOC(=O)C(=O)/C=C(\O)c1cccn1Cc1ccc(F)cc1. The Morgan fingerprint density at radius 1 is 1.26 bits per heavy atom. The summed E-state index contributed by atoms with van der Waals surface area (Å²) in [6, 6.07) is 9.25. The summed E-state index contributed by atoms with van der Waals surface area (Å²) in [5.41, 5.74) is 1.19. The van der Waals surface area contributed by atoms with Crippen LogP contribution in [-0.4, -0.2) is 28.0 Å². The summed E-state index contributed by atoms with van der Waals surface area (Å²) in [7, 11) is 0. The molecule has 2 rings (SSSR count). The molecule has 0 fully saturated rings. The van der Waals surface area contributed by atoms with Crippen LogP contribution >= 0.6 is 0 Å². The normalized spacial score (nSPS) is 11.3. The number of aliphatic hydroxyl groups excluding tert-OH is 1. The third kappa shape index (κ3) is 4.29. The van der Waals surface area contributed by atoms with Crippen LogP contribution in [-0.2, 0) is 20.9 Å². The smallest absolute Gasteiger partial charge is 0.379 e. The maximum atomic E-state index is 12.9. The first-order valence-corrected chi connectivity index (χ1v) is 7.03. The van der Waals surface area contributed by atoms with Crippen molar-refractivity contribution in [3.8, 4) is 0 Å². The van der Waals surface area contributed by atoms with Crippen LogP contribution in [0.15, 0.2) is 48.7 Å². The molecule has 120 valence electrons. The van der Waals surface area contributed by atoms with Gasteiger partial charge in [-0.15, -0.1) is 0 Å². The van der Waals surface area contributed by atoms with Gasteiger partial charge >= 0.3 is 5.97 Å². The van der Waals surface area contributed by atoms with Gasteiger partial charge in [0.1, 0.15) is 11.6 Å². The molecule has 0 bridgehead atoms. The average molecular weight is 317 g/mol. The molecule has 0 aliphatic heterocycles. The molecule has 0 unspecified atom stereocenters. The van der Waals surface area contributed by atoms with Crippen LogP contribution in [0.5, 0.6) is 0 Å². The molecule has 0 aliphatic carbocycles. The number of esters is 1. The highest BCUT2D eigenvalue weighted by Gasteiger charge is 2.15. The number of carbonyl (C=O) groups is 2. The number of nitrogens with zero attached hydrogens (tertiary/aromatic N) is 1. The Bertz CT molecular complexity index is 731. The predicted octanol–water partition coefficient (Wildman–Crippen LogP) is 2.71. The second-order valence-corrected chi connectivity index (χ2v) is 4.76. The van der Waals surface area contributed by atoms with Gasteiger partial charge in [-0.25, -0.2) is 9.18 Å². The summed E-state index contributed by atoms with van der Waals surface area (Å²) >= 11 is 0. The molecule has 0 atom stereocenters. The maximum Gasteiger partial charge on any atom is 0.379 e. The van der Waals surface area contributed by atoms with Crippen molar-refractivity contribution in [2.45, 2.75) is 13.5 Å². The molecule has 1 aromatic carbocycles. The van der Waals surface area contributed by atoms with Gasteiger partial charge in [0.15, 0.2) is 0 Å². The molecular formula is C17H16FNO4. The first kappa shape index (κ1) is 16.5. The number of ketones is 1. The number of hydrogen-bond donors (Lipinski definition) is 1. The van der Waals surface area contributed by atoms with Crippen molar-refractivity contribution in [2.24, 2.45) is 0 Å². The molecule has 1 N–H and O–H groups in total. The van der Waals surface area contributed by atoms with Crippen LogP contribution < -0.4 is 0 Å². The van der Waals surface area contributed by atoms with E-state index in [1.807, 2.05) is 0 Å². The third-order valence-corrected chi connectivity index (χ3v) is 3.10. The minimum absolute atomic E-state index is 0.0835. The number of aromatic nitrogens is 1. The lowest BCUT2D eigenvalue weighted by molar-refractivity contribution is -0.151. The second-order valence-electron chi connectivity index (χ2n) is 4.76. The maximum absolute atomic E-state index is 12.9. The third-order valence-electron chi connectivity index (χ3n) is 3.10. The lowest BCUT2D eigenvalue weighted by atomic mass is 10.2. The Hall–Kier alpha value is -2.89. The largest absolute Gasteiger partial charge is 0.506 e. The number of benzene rings is 1. The fourth-order valence-electron chi connectivity index (χ4n) is 2.03. The Balaban J connectivity index is 2.18. The highest BCUT2D eigenvalue weighted by Crippen LogP contribution is 2.15. The van der Waals surface area contributed by atoms with Crippen LogP contribution in [0.1, 0.15) is 18.2 Å². The van der Waals surface area contributed by atoms with Crippen molar-refractivity contribution in [3.63, 3.8) is 0 Å². The highest BCUT2D eigenvalue weighted by molar-refractivity contribution is 6.39. The number of carbonyl (C=O) groups excluding carboxylic acids is 2. The predicted molar refractivity (Wildman–Crippen MR) is 82.2 cm³/mol. The molecule has 0 saturated heterocycles. The molecule has 1 heterocycles. The zero-order chi connectivity index (χ0) is 16.8. The number of hydrogen-bond acceptors (Lipinski definition) is 4. The Morgan fingerprint density at radius 3 is 2.61 bits per heavy atom. The molecule has 0 saturated carbocycles. The molecular weight excluding hydrogens is 301 g/mol. The topological polar surface area (TPSA) is 68.5 Å². The average Bonchev–Trinajstić information content (AvgIpc) is 2.98. The van der Waals surface area contributed by atoms with Crippen LogP contribution in [0.2, 0.25) is 0 Å². The summed E-state index contributed by atoms with van der Waals surface area (Å²) in [5, 5.41) is 10.1. The van der Waals surface area contributed by atoms with Crippen molar-refractivity contribution < 1.29 is 23.8 Å². The van der Waals surface area contributed by atoms with Crippen molar-refractivity contribution in [1.29, 1.82) is 0 Å². The van der Waals surface area contributed by atoms with Crippen molar-refractivity contribution in [1.82, 2.24) is 4.57 Å². The number of aliphatic hydroxyl groups is 1. The van der Waals surface area contributed by atoms with Crippen LogP contribution in [0.25, 0.3) is 5.76 Å². The van der Waals surface area contributed by atoms with E-state index in [4.69, 9.17) is 0 Å². The van der Waals surface area contributed by atoms with Gasteiger partial charge in [0, 0.05) is 18.8 Å². The molecule has 0 spiro atoms. The quantitative estimate of drug-likeness (QED) is 0.385. The fraction of sp³-hybridized carbons (Fsp3) is 0.176.